The predicted molar refractivity (Wildman–Crippen MR) is 88.9 cm³/mol. The van der Waals surface area contributed by atoms with Crippen molar-refractivity contribution in [2.24, 2.45) is 0 Å². The lowest BCUT2D eigenvalue weighted by atomic mass is 10.0. The number of pyridine rings is 1. The normalized spacial score (nSPS) is 17.8. The molecule has 1 aromatic carbocycles. The number of rotatable bonds is 4. The van der Waals surface area contributed by atoms with Crippen LogP contribution in [0.3, 0.4) is 0 Å². The summed E-state index contributed by atoms with van der Waals surface area (Å²) in [6, 6.07) is 7.61. The van der Waals surface area contributed by atoms with Crippen molar-refractivity contribution >= 4 is 23.6 Å². The van der Waals surface area contributed by atoms with E-state index in [1.165, 1.54) is 6.07 Å². The molecular weight excluding hydrogens is 387 g/mol. The van der Waals surface area contributed by atoms with Crippen LogP contribution in [-0.4, -0.2) is 29.6 Å². The van der Waals surface area contributed by atoms with Crippen LogP contribution in [0.2, 0.25) is 5.02 Å². The van der Waals surface area contributed by atoms with Gasteiger partial charge in [0.2, 0.25) is 0 Å². The highest BCUT2D eigenvalue weighted by Gasteiger charge is 2.33. The maximum absolute atomic E-state index is 12.8. The number of alkyl halides is 3. The zero-order valence-electron chi connectivity index (χ0n) is 13.6. The molecule has 2 N–H and O–H groups in total. The first kappa shape index (κ1) is 19.0. The zero-order chi connectivity index (χ0) is 19.6. The number of hydrogen-bond donors (Lipinski definition) is 2. The fourth-order valence-electron chi connectivity index (χ4n) is 2.50. The van der Waals surface area contributed by atoms with Gasteiger partial charge in [-0.2, -0.15) is 13.2 Å². The number of nitrogens with zero attached hydrogens (tertiary/aromatic N) is 1. The van der Waals surface area contributed by atoms with E-state index in [1.807, 2.05) is 0 Å². The fraction of sp³-hybridized carbons (Fsp3) is 0.235. The number of benzene rings is 1. The molecule has 10 heteroatoms. The highest BCUT2D eigenvalue weighted by molar-refractivity contribution is 6.30. The molecular formula is C17H13ClF3N3O3. The van der Waals surface area contributed by atoms with E-state index < -0.39 is 35.9 Å². The monoisotopic (exact) mass is 399 g/mol. The number of hydrogen-bond acceptors (Lipinski definition) is 4. The lowest BCUT2D eigenvalue weighted by Gasteiger charge is -2.21. The quantitative estimate of drug-likeness (QED) is 0.828. The van der Waals surface area contributed by atoms with E-state index in [0.717, 1.165) is 6.07 Å². The second-order valence-corrected chi connectivity index (χ2v) is 6.17. The molecule has 142 valence electrons. The zero-order valence-corrected chi connectivity index (χ0v) is 14.3. The summed E-state index contributed by atoms with van der Waals surface area (Å²) in [6.07, 6.45) is -5.58. The topological polar surface area (TPSA) is 80.3 Å². The van der Waals surface area contributed by atoms with Gasteiger partial charge in [0.1, 0.15) is 0 Å². The van der Waals surface area contributed by atoms with Crippen molar-refractivity contribution in [3.63, 3.8) is 0 Å². The van der Waals surface area contributed by atoms with Crippen molar-refractivity contribution in [1.82, 2.24) is 15.6 Å². The van der Waals surface area contributed by atoms with Gasteiger partial charge in [0, 0.05) is 11.2 Å². The number of aromatic nitrogens is 1. The standard InChI is InChI=1S/C17H13ClF3N3O3/c18-11-4-1-9(2-5-11)14(24-15(25)13-8-23-16(26)27-13)12-6-3-10(7-22-12)17(19,20)21/h1-7,13-14H,8H2,(H,23,26)(H,24,25)/t13?,14-/m0/s1. The van der Waals surface area contributed by atoms with Crippen LogP contribution in [0.1, 0.15) is 22.9 Å². The summed E-state index contributed by atoms with van der Waals surface area (Å²) in [7, 11) is 0. The Hall–Kier alpha value is -2.81. The molecule has 0 saturated carbocycles. The smallest absolute Gasteiger partial charge is 0.417 e. The molecule has 2 amide bonds. The van der Waals surface area contributed by atoms with Gasteiger partial charge in [0.05, 0.1) is 23.8 Å². The van der Waals surface area contributed by atoms with E-state index >= 15 is 0 Å². The molecule has 0 spiro atoms. The number of alkyl carbamates (subject to hydrolysis) is 1. The van der Waals surface area contributed by atoms with E-state index in [4.69, 9.17) is 16.3 Å². The second kappa shape index (κ2) is 7.43. The van der Waals surface area contributed by atoms with Crippen molar-refractivity contribution < 1.29 is 27.5 Å². The van der Waals surface area contributed by atoms with Crippen LogP contribution in [0.25, 0.3) is 0 Å². The van der Waals surface area contributed by atoms with Gasteiger partial charge < -0.3 is 15.4 Å². The van der Waals surface area contributed by atoms with Crippen molar-refractivity contribution in [2.75, 3.05) is 6.54 Å². The van der Waals surface area contributed by atoms with Gasteiger partial charge in [-0.1, -0.05) is 23.7 Å². The maximum Gasteiger partial charge on any atom is 0.417 e. The molecule has 6 nitrogen and oxygen atoms in total. The lowest BCUT2D eigenvalue weighted by Crippen LogP contribution is -2.39. The average Bonchev–Trinajstić information content (AvgIpc) is 3.06. The number of ether oxygens (including phenoxy) is 1. The number of carbonyl (C=O) groups excluding carboxylic acids is 2. The fourth-order valence-corrected chi connectivity index (χ4v) is 2.62. The van der Waals surface area contributed by atoms with Crippen LogP contribution >= 0.6 is 11.6 Å². The molecule has 0 radical (unpaired) electrons. The molecule has 2 heterocycles. The highest BCUT2D eigenvalue weighted by atomic mass is 35.5. The molecule has 1 fully saturated rings. The van der Waals surface area contributed by atoms with Gasteiger partial charge in [-0.15, -0.1) is 0 Å². The predicted octanol–water partition coefficient (Wildman–Crippen LogP) is 3.07. The first-order valence-corrected chi connectivity index (χ1v) is 8.15. The minimum atomic E-state index is -4.52. The minimum absolute atomic E-state index is 0.00154. The lowest BCUT2D eigenvalue weighted by molar-refractivity contribution is -0.138. The van der Waals surface area contributed by atoms with Gasteiger partial charge in [-0.3, -0.25) is 9.78 Å². The Morgan fingerprint density at radius 1 is 1.26 bits per heavy atom. The third-order valence-electron chi connectivity index (χ3n) is 3.87. The number of nitrogens with one attached hydrogen (secondary N) is 2. The van der Waals surface area contributed by atoms with Crippen molar-refractivity contribution in [2.45, 2.75) is 18.3 Å². The van der Waals surface area contributed by atoms with E-state index in [1.54, 1.807) is 24.3 Å². The summed E-state index contributed by atoms with van der Waals surface area (Å²) in [5.74, 6) is -0.602. The minimum Gasteiger partial charge on any atom is -0.434 e. The Kier molecular flexibility index (Phi) is 5.22. The van der Waals surface area contributed by atoms with Gasteiger partial charge in [-0.25, -0.2) is 4.79 Å². The van der Waals surface area contributed by atoms with Crippen LogP contribution in [0, 0.1) is 0 Å². The molecule has 2 aromatic rings. The molecule has 1 aliphatic heterocycles. The third kappa shape index (κ3) is 4.48. The molecule has 2 atom stereocenters. The number of halogens is 4. The summed E-state index contributed by atoms with van der Waals surface area (Å²) >= 11 is 5.86. The molecule has 0 aliphatic carbocycles. The summed E-state index contributed by atoms with van der Waals surface area (Å²) in [5.41, 5.74) is -0.158. The molecule has 27 heavy (non-hydrogen) atoms. The van der Waals surface area contributed by atoms with Crippen molar-refractivity contribution in [1.29, 1.82) is 0 Å². The summed E-state index contributed by atoms with van der Waals surface area (Å²) in [4.78, 5) is 27.3. The Morgan fingerprint density at radius 2 is 1.96 bits per heavy atom. The van der Waals surface area contributed by atoms with Gasteiger partial charge in [0.15, 0.2) is 6.10 Å². The first-order chi connectivity index (χ1) is 12.7. The maximum atomic E-state index is 12.8. The van der Waals surface area contributed by atoms with Gasteiger partial charge >= 0.3 is 12.3 Å². The molecule has 3 rings (SSSR count). The molecule has 1 aliphatic rings. The van der Waals surface area contributed by atoms with Crippen LogP contribution in [-0.2, 0) is 15.7 Å². The van der Waals surface area contributed by atoms with Crippen molar-refractivity contribution in [3.8, 4) is 0 Å². The average molecular weight is 400 g/mol. The highest BCUT2D eigenvalue weighted by Crippen LogP contribution is 2.30. The molecule has 0 bridgehead atoms. The summed E-state index contributed by atoms with van der Waals surface area (Å²) in [6.45, 7) is -0.00154. The Balaban J connectivity index is 1.89. The van der Waals surface area contributed by atoms with E-state index in [0.29, 0.717) is 16.8 Å². The van der Waals surface area contributed by atoms with Crippen LogP contribution in [0.15, 0.2) is 42.6 Å². The summed E-state index contributed by atoms with van der Waals surface area (Å²) in [5, 5.41) is 5.46. The second-order valence-electron chi connectivity index (χ2n) is 5.74. The van der Waals surface area contributed by atoms with E-state index in [-0.39, 0.29) is 12.2 Å². The third-order valence-corrected chi connectivity index (χ3v) is 4.12. The largest absolute Gasteiger partial charge is 0.434 e. The first-order valence-electron chi connectivity index (χ1n) is 7.77. The number of amides is 2. The van der Waals surface area contributed by atoms with Crippen LogP contribution in [0.5, 0.6) is 0 Å². The van der Waals surface area contributed by atoms with Gasteiger partial charge in [0.25, 0.3) is 5.91 Å². The Labute approximate surface area is 156 Å². The van der Waals surface area contributed by atoms with E-state index in [2.05, 4.69) is 15.6 Å². The Bertz CT molecular complexity index is 841. The SMILES string of the molecule is O=C1NCC(C(=O)N[C@@H](c2ccc(Cl)cc2)c2ccc(C(F)(F)F)cn2)O1. The van der Waals surface area contributed by atoms with Crippen molar-refractivity contribution in [3.05, 3.63) is 64.4 Å². The number of cyclic esters (lactones) is 1. The van der Waals surface area contributed by atoms with Crippen LogP contribution < -0.4 is 10.6 Å². The molecule has 1 aromatic heterocycles. The molecule has 1 saturated heterocycles. The van der Waals surface area contributed by atoms with E-state index in [9.17, 15) is 22.8 Å². The number of carbonyl (C=O) groups is 2. The Morgan fingerprint density at radius 3 is 2.48 bits per heavy atom. The molecule has 1 unspecified atom stereocenters. The van der Waals surface area contributed by atoms with Gasteiger partial charge in [-0.05, 0) is 29.8 Å². The van der Waals surface area contributed by atoms with Crippen LogP contribution in [0.4, 0.5) is 18.0 Å². The summed E-state index contributed by atoms with van der Waals surface area (Å²) < 4.78 is 43.1.